The highest BCUT2D eigenvalue weighted by molar-refractivity contribution is 5.94. The lowest BCUT2D eigenvalue weighted by Crippen LogP contribution is -2.35. The Kier molecular flexibility index (Phi) is 3.89. The molecular weight excluding hydrogens is 311 g/mol. The maximum Gasteiger partial charge on any atom is 0.388 e. The van der Waals surface area contributed by atoms with Crippen molar-refractivity contribution in [2.45, 2.75) is 25.0 Å². The van der Waals surface area contributed by atoms with E-state index in [9.17, 15) is 18.0 Å². The Labute approximate surface area is 129 Å². The molecule has 2 aromatic heterocycles. The van der Waals surface area contributed by atoms with Crippen molar-refractivity contribution in [3.8, 4) is 5.88 Å². The number of ether oxygens (including phenoxy) is 1. The zero-order valence-corrected chi connectivity index (χ0v) is 11.8. The van der Waals surface area contributed by atoms with Crippen LogP contribution in [0.25, 0.3) is 0 Å². The largest absolute Gasteiger partial charge is 0.417 e. The number of pyridine rings is 2. The van der Waals surface area contributed by atoms with E-state index >= 15 is 0 Å². The van der Waals surface area contributed by atoms with Gasteiger partial charge in [0.15, 0.2) is 0 Å². The van der Waals surface area contributed by atoms with Gasteiger partial charge in [0.25, 0.3) is 5.91 Å². The lowest BCUT2D eigenvalue weighted by atomic mass is 10.1. The van der Waals surface area contributed by atoms with E-state index in [1.54, 1.807) is 0 Å². The number of nitrogens with zero attached hydrogens (tertiary/aromatic N) is 2. The molecule has 1 amide bonds. The molecule has 120 valence electrons. The van der Waals surface area contributed by atoms with Crippen molar-refractivity contribution in [1.29, 1.82) is 0 Å². The zero-order chi connectivity index (χ0) is 16.4. The molecule has 1 fully saturated rings. The lowest BCUT2D eigenvalue weighted by Gasteiger charge is -2.17. The van der Waals surface area contributed by atoms with Gasteiger partial charge in [-0.1, -0.05) is 0 Å². The van der Waals surface area contributed by atoms with Gasteiger partial charge in [-0.2, -0.15) is 8.78 Å². The van der Waals surface area contributed by atoms with Crippen LogP contribution in [0.2, 0.25) is 0 Å². The number of hydrogen-bond donors (Lipinski definition) is 1. The van der Waals surface area contributed by atoms with Gasteiger partial charge in [-0.15, -0.1) is 0 Å². The third kappa shape index (κ3) is 3.41. The van der Waals surface area contributed by atoms with Gasteiger partial charge < -0.3 is 10.1 Å². The predicted molar refractivity (Wildman–Crippen MR) is 73.4 cm³/mol. The third-order valence-corrected chi connectivity index (χ3v) is 3.53. The number of carbonyl (C=O) groups is 1. The highest BCUT2D eigenvalue weighted by Gasteiger charge is 2.47. The van der Waals surface area contributed by atoms with Gasteiger partial charge in [-0.05, 0) is 31.0 Å². The number of nitrogens with one attached hydrogen (secondary N) is 1. The van der Waals surface area contributed by atoms with Crippen molar-refractivity contribution < 1.29 is 22.7 Å². The number of hydrogen-bond acceptors (Lipinski definition) is 4. The molecule has 0 atom stereocenters. The highest BCUT2D eigenvalue weighted by atomic mass is 19.3. The van der Waals surface area contributed by atoms with Gasteiger partial charge in [0.05, 0.1) is 23.0 Å². The Bertz CT molecular complexity index is 701. The van der Waals surface area contributed by atoms with Gasteiger partial charge >= 0.3 is 6.61 Å². The Balaban J connectivity index is 1.70. The molecule has 0 aromatic carbocycles. The molecule has 0 bridgehead atoms. The normalized spacial score (nSPS) is 15.3. The lowest BCUT2D eigenvalue weighted by molar-refractivity contribution is -0.0528. The van der Waals surface area contributed by atoms with Crippen molar-refractivity contribution in [3.05, 3.63) is 53.7 Å². The molecule has 0 aliphatic heterocycles. The Hall–Kier alpha value is -2.64. The maximum absolute atomic E-state index is 12.9. The Morgan fingerprint density at radius 1 is 1.17 bits per heavy atom. The van der Waals surface area contributed by atoms with Gasteiger partial charge in [-0.25, -0.2) is 9.37 Å². The van der Waals surface area contributed by atoms with E-state index in [0.29, 0.717) is 18.5 Å². The average molecular weight is 323 g/mol. The summed E-state index contributed by atoms with van der Waals surface area (Å²) in [5.74, 6) is -1.13. The summed E-state index contributed by atoms with van der Waals surface area (Å²) in [6, 6.07) is 5.35. The molecule has 2 aromatic rings. The summed E-state index contributed by atoms with van der Waals surface area (Å²) in [5, 5.41) is 2.83. The minimum atomic E-state index is -2.97. The van der Waals surface area contributed by atoms with E-state index in [1.807, 2.05) is 0 Å². The van der Waals surface area contributed by atoms with E-state index in [0.717, 1.165) is 12.4 Å². The van der Waals surface area contributed by atoms with Gasteiger partial charge in [0.1, 0.15) is 5.82 Å². The summed E-state index contributed by atoms with van der Waals surface area (Å²) in [5.41, 5.74) is 0.181. The van der Waals surface area contributed by atoms with E-state index in [1.165, 1.54) is 24.3 Å². The monoisotopic (exact) mass is 323 g/mol. The van der Waals surface area contributed by atoms with Gasteiger partial charge in [0, 0.05) is 12.3 Å². The minimum Gasteiger partial charge on any atom is -0.417 e. The molecular formula is C15H12F3N3O2. The SMILES string of the molecule is O=C(NC1(c2ccc(F)cn2)CC1)c1ccc(OC(F)F)nc1. The smallest absolute Gasteiger partial charge is 0.388 e. The van der Waals surface area contributed by atoms with Crippen LogP contribution in [0.5, 0.6) is 5.88 Å². The average Bonchev–Trinajstić information content (AvgIpc) is 3.28. The van der Waals surface area contributed by atoms with Crippen LogP contribution < -0.4 is 10.1 Å². The molecule has 0 unspecified atom stereocenters. The van der Waals surface area contributed by atoms with Gasteiger partial charge in [0.2, 0.25) is 5.88 Å². The first-order valence-electron chi connectivity index (χ1n) is 6.84. The molecule has 1 aliphatic rings. The predicted octanol–water partition coefficient (Wildman–Crippen LogP) is 2.64. The molecule has 3 rings (SSSR count). The number of carbonyl (C=O) groups excluding carboxylic acids is 1. The first-order valence-corrected chi connectivity index (χ1v) is 6.84. The molecule has 1 aliphatic carbocycles. The summed E-state index contributed by atoms with van der Waals surface area (Å²) in [4.78, 5) is 19.9. The first-order chi connectivity index (χ1) is 11.0. The topological polar surface area (TPSA) is 64.1 Å². The Morgan fingerprint density at radius 2 is 1.96 bits per heavy atom. The van der Waals surface area contributed by atoms with Crippen molar-refractivity contribution in [3.63, 3.8) is 0 Å². The summed E-state index contributed by atoms with van der Waals surface area (Å²) in [6.45, 7) is -2.97. The minimum absolute atomic E-state index is 0.208. The van der Waals surface area contributed by atoms with Crippen LogP contribution in [0.3, 0.4) is 0 Å². The molecule has 1 N–H and O–H groups in total. The van der Waals surface area contributed by atoms with Gasteiger partial charge in [-0.3, -0.25) is 9.78 Å². The molecule has 8 heteroatoms. The molecule has 23 heavy (non-hydrogen) atoms. The third-order valence-electron chi connectivity index (χ3n) is 3.53. The van der Waals surface area contributed by atoms with Crippen LogP contribution in [-0.2, 0) is 5.54 Å². The van der Waals surface area contributed by atoms with Crippen LogP contribution in [0.15, 0.2) is 36.7 Å². The van der Waals surface area contributed by atoms with Crippen LogP contribution in [0, 0.1) is 5.82 Å². The van der Waals surface area contributed by atoms with Crippen molar-refractivity contribution in [2.24, 2.45) is 0 Å². The van der Waals surface area contributed by atoms with E-state index in [2.05, 4.69) is 20.0 Å². The summed E-state index contributed by atoms with van der Waals surface area (Å²) in [6.07, 6.45) is 3.63. The van der Waals surface area contributed by atoms with Crippen LogP contribution in [-0.4, -0.2) is 22.5 Å². The summed E-state index contributed by atoms with van der Waals surface area (Å²) < 4.78 is 41.2. The first kappa shape index (κ1) is 15.3. The van der Waals surface area contributed by atoms with Crippen molar-refractivity contribution >= 4 is 5.91 Å². The fourth-order valence-corrected chi connectivity index (χ4v) is 2.19. The quantitative estimate of drug-likeness (QED) is 0.919. The number of alkyl halides is 2. The van der Waals surface area contributed by atoms with Crippen LogP contribution in [0.4, 0.5) is 13.2 Å². The number of halogens is 3. The Morgan fingerprint density at radius 3 is 2.48 bits per heavy atom. The number of amides is 1. The fraction of sp³-hybridized carbons (Fsp3) is 0.267. The van der Waals surface area contributed by atoms with Crippen molar-refractivity contribution in [1.82, 2.24) is 15.3 Å². The molecule has 2 heterocycles. The molecule has 0 saturated heterocycles. The second kappa shape index (κ2) is 5.86. The molecule has 0 spiro atoms. The standard InChI is InChI=1S/C15H12F3N3O2/c16-10-2-3-11(19-8-10)15(5-6-15)21-13(22)9-1-4-12(20-7-9)23-14(17)18/h1-4,7-8,14H,5-6H2,(H,21,22). The van der Waals surface area contributed by atoms with Crippen LogP contribution in [0.1, 0.15) is 28.9 Å². The second-order valence-corrected chi connectivity index (χ2v) is 5.16. The second-order valence-electron chi connectivity index (χ2n) is 5.16. The fourth-order valence-electron chi connectivity index (χ4n) is 2.19. The number of rotatable bonds is 5. The van der Waals surface area contributed by atoms with E-state index in [4.69, 9.17) is 0 Å². The zero-order valence-electron chi connectivity index (χ0n) is 11.8. The molecule has 5 nitrogen and oxygen atoms in total. The number of aromatic nitrogens is 2. The van der Waals surface area contributed by atoms with E-state index in [-0.39, 0.29) is 11.4 Å². The molecule has 1 saturated carbocycles. The highest BCUT2D eigenvalue weighted by Crippen LogP contribution is 2.44. The van der Waals surface area contributed by atoms with Crippen molar-refractivity contribution in [2.75, 3.05) is 0 Å². The van der Waals surface area contributed by atoms with E-state index < -0.39 is 23.9 Å². The summed E-state index contributed by atoms with van der Waals surface area (Å²) >= 11 is 0. The summed E-state index contributed by atoms with van der Waals surface area (Å²) in [7, 11) is 0. The molecule has 0 radical (unpaired) electrons. The van der Waals surface area contributed by atoms with Crippen LogP contribution >= 0.6 is 0 Å². The maximum atomic E-state index is 12.9.